The van der Waals surface area contributed by atoms with Crippen molar-refractivity contribution in [1.82, 2.24) is 0 Å². The molecule has 0 saturated carbocycles. The van der Waals surface area contributed by atoms with Gasteiger partial charge < -0.3 is 20.8 Å². The number of aryl methyl sites for hydroxylation is 1. The highest BCUT2D eigenvalue weighted by atomic mass is 16.3. The quantitative estimate of drug-likeness (QED) is 0.662. The van der Waals surface area contributed by atoms with Crippen molar-refractivity contribution in [2.75, 3.05) is 23.8 Å². The van der Waals surface area contributed by atoms with E-state index in [1.54, 1.807) is 0 Å². The minimum absolute atomic E-state index is 0.0305. The molecule has 0 fully saturated rings. The van der Waals surface area contributed by atoms with Crippen molar-refractivity contribution >= 4 is 17.3 Å². The first kappa shape index (κ1) is 16.5. The lowest BCUT2D eigenvalue weighted by Crippen LogP contribution is -2.28. The average Bonchev–Trinajstić information content (AvgIpc) is 2.37. The van der Waals surface area contributed by atoms with Crippen LogP contribution in [-0.2, 0) is 4.79 Å². The second-order valence-electron chi connectivity index (χ2n) is 5.95. The molecule has 112 valence electrons. The third-order valence-corrected chi connectivity index (χ3v) is 2.91. The summed E-state index contributed by atoms with van der Waals surface area (Å²) in [5, 5.41) is 24.0. The topological polar surface area (TPSA) is 81.6 Å². The maximum Gasteiger partial charge on any atom is 0.229 e. The van der Waals surface area contributed by atoms with Crippen LogP contribution in [0.4, 0.5) is 11.4 Å². The van der Waals surface area contributed by atoms with Crippen molar-refractivity contribution in [2.24, 2.45) is 5.41 Å². The van der Waals surface area contributed by atoms with Crippen LogP contribution in [0.25, 0.3) is 0 Å². The lowest BCUT2D eigenvalue weighted by molar-refractivity contribution is -0.123. The zero-order valence-electron chi connectivity index (χ0n) is 12.5. The summed E-state index contributed by atoms with van der Waals surface area (Å²) in [6, 6.07) is 5.55. The predicted octanol–water partition coefficient (Wildman–Crippen LogP) is 1.74. The van der Waals surface area contributed by atoms with Gasteiger partial charge in [0.25, 0.3) is 0 Å². The van der Waals surface area contributed by atoms with Gasteiger partial charge in [-0.05, 0) is 30.7 Å². The smallest absolute Gasteiger partial charge is 0.229 e. The molecule has 0 aromatic heterocycles. The SMILES string of the molecule is Cc1cc(NCC(O)CO)ccc1NC(=O)C(C)(C)C. The molecule has 1 aromatic rings. The van der Waals surface area contributed by atoms with Crippen LogP contribution in [0.15, 0.2) is 18.2 Å². The van der Waals surface area contributed by atoms with Gasteiger partial charge in [-0.15, -0.1) is 0 Å². The van der Waals surface area contributed by atoms with E-state index in [9.17, 15) is 9.90 Å². The van der Waals surface area contributed by atoms with E-state index in [0.717, 1.165) is 16.9 Å². The Morgan fingerprint density at radius 2 is 2.00 bits per heavy atom. The average molecular weight is 280 g/mol. The molecule has 5 nitrogen and oxygen atoms in total. The Morgan fingerprint density at radius 1 is 1.35 bits per heavy atom. The van der Waals surface area contributed by atoms with Gasteiger partial charge in [0.15, 0.2) is 0 Å². The number of carbonyl (C=O) groups excluding carboxylic acids is 1. The van der Waals surface area contributed by atoms with Crippen LogP contribution in [0, 0.1) is 12.3 Å². The highest BCUT2D eigenvalue weighted by Gasteiger charge is 2.21. The molecule has 0 bridgehead atoms. The number of anilines is 2. The van der Waals surface area contributed by atoms with Gasteiger partial charge >= 0.3 is 0 Å². The fourth-order valence-electron chi connectivity index (χ4n) is 1.52. The number of hydrogen-bond donors (Lipinski definition) is 4. The summed E-state index contributed by atoms with van der Waals surface area (Å²) in [5.41, 5.74) is 2.11. The largest absolute Gasteiger partial charge is 0.394 e. The van der Waals surface area contributed by atoms with E-state index in [1.165, 1.54) is 0 Å². The third kappa shape index (κ3) is 4.83. The Bertz CT molecular complexity index is 467. The van der Waals surface area contributed by atoms with Gasteiger partial charge in [-0.1, -0.05) is 20.8 Å². The molecule has 1 amide bonds. The number of amides is 1. The van der Waals surface area contributed by atoms with Crippen molar-refractivity contribution in [1.29, 1.82) is 0 Å². The molecular weight excluding hydrogens is 256 g/mol. The fourth-order valence-corrected chi connectivity index (χ4v) is 1.52. The summed E-state index contributed by atoms with van der Waals surface area (Å²) in [6.07, 6.45) is -0.782. The van der Waals surface area contributed by atoms with Crippen molar-refractivity contribution in [3.05, 3.63) is 23.8 Å². The van der Waals surface area contributed by atoms with Crippen molar-refractivity contribution < 1.29 is 15.0 Å². The molecule has 1 aromatic carbocycles. The number of aliphatic hydroxyl groups is 2. The normalized spacial score (nSPS) is 12.9. The molecule has 1 atom stereocenters. The van der Waals surface area contributed by atoms with Crippen molar-refractivity contribution in [3.63, 3.8) is 0 Å². The maximum absolute atomic E-state index is 11.9. The second kappa shape index (κ2) is 6.72. The number of rotatable bonds is 5. The highest BCUT2D eigenvalue weighted by molar-refractivity contribution is 5.95. The number of aliphatic hydroxyl groups excluding tert-OH is 2. The number of carbonyl (C=O) groups is 1. The van der Waals surface area contributed by atoms with Crippen LogP contribution in [0.5, 0.6) is 0 Å². The van der Waals surface area contributed by atoms with E-state index in [1.807, 2.05) is 45.9 Å². The lowest BCUT2D eigenvalue weighted by atomic mass is 9.95. The Kier molecular flexibility index (Phi) is 5.53. The lowest BCUT2D eigenvalue weighted by Gasteiger charge is -2.19. The molecule has 0 aliphatic rings. The van der Waals surface area contributed by atoms with E-state index in [-0.39, 0.29) is 19.1 Å². The van der Waals surface area contributed by atoms with Crippen molar-refractivity contribution in [3.8, 4) is 0 Å². The van der Waals surface area contributed by atoms with Crippen molar-refractivity contribution in [2.45, 2.75) is 33.8 Å². The van der Waals surface area contributed by atoms with Crippen LogP contribution in [0.1, 0.15) is 26.3 Å². The van der Waals surface area contributed by atoms with E-state index in [4.69, 9.17) is 5.11 Å². The van der Waals surface area contributed by atoms with Gasteiger partial charge in [0.1, 0.15) is 0 Å². The van der Waals surface area contributed by atoms with Crippen LogP contribution >= 0.6 is 0 Å². The number of nitrogens with one attached hydrogen (secondary N) is 2. The molecule has 4 N–H and O–H groups in total. The molecule has 0 heterocycles. The van der Waals surface area contributed by atoms with Crippen LogP contribution in [0.2, 0.25) is 0 Å². The third-order valence-electron chi connectivity index (χ3n) is 2.91. The second-order valence-corrected chi connectivity index (χ2v) is 5.95. The molecule has 0 radical (unpaired) electrons. The van der Waals surface area contributed by atoms with Gasteiger partial charge in [0.05, 0.1) is 12.7 Å². The molecular formula is C15H24N2O3. The first-order chi connectivity index (χ1) is 9.24. The molecule has 1 unspecified atom stereocenters. The summed E-state index contributed by atoms with van der Waals surface area (Å²) >= 11 is 0. The number of benzene rings is 1. The summed E-state index contributed by atoms with van der Waals surface area (Å²) < 4.78 is 0. The van der Waals surface area contributed by atoms with E-state index < -0.39 is 11.5 Å². The van der Waals surface area contributed by atoms with Gasteiger partial charge in [-0.3, -0.25) is 4.79 Å². The standard InChI is InChI=1S/C15H24N2O3/c1-10-7-11(16-8-12(19)9-18)5-6-13(10)17-14(20)15(2,3)4/h5-7,12,16,18-19H,8-9H2,1-4H3,(H,17,20). The van der Waals surface area contributed by atoms with Crippen LogP contribution < -0.4 is 10.6 Å². The zero-order chi connectivity index (χ0) is 15.3. The predicted molar refractivity (Wildman–Crippen MR) is 80.8 cm³/mol. The molecule has 5 heteroatoms. The van der Waals surface area contributed by atoms with Gasteiger partial charge in [-0.2, -0.15) is 0 Å². The zero-order valence-corrected chi connectivity index (χ0v) is 12.5. The van der Waals surface area contributed by atoms with E-state index >= 15 is 0 Å². The van der Waals surface area contributed by atoms with Gasteiger partial charge in [-0.25, -0.2) is 0 Å². The number of hydrogen-bond acceptors (Lipinski definition) is 4. The summed E-state index contributed by atoms with van der Waals surface area (Å²) in [6.45, 7) is 7.51. The molecule has 20 heavy (non-hydrogen) atoms. The summed E-state index contributed by atoms with van der Waals surface area (Å²) in [5.74, 6) is -0.0305. The monoisotopic (exact) mass is 280 g/mol. The molecule has 1 rings (SSSR count). The van der Waals surface area contributed by atoms with Crippen LogP contribution in [-0.4, -0.2) is 35.4 Å². The first-order valence-electron chi connectivity index (χ1n) is 6.69. The summed E-state index contributed by atoms with van der Waals surface area (Å²) in [4.78, 5) is 11.9. The molecule has 0 spiro atoms. The molecule has 0 saturated heterocycles. The minimum atomic E-state index is -0.782. The van der Waals surface area contributed by atoms with Gasteiger partial charge in [0.2, 0.25) is 5.91 Å². The minimum Gasteiger partial charge on any atom is -0.394 e. The molecule has 0 aliphatic carbocycles. The fraction of sp³-hybridized carbons (Fsp3) is 0.533. The van der Waals surface area contributed by atoms with E-state index in [0.29, 0.717) is 0 Å². The summed E-state index contributed by atoms with van der Waals surface area (Å²) in [7, 11) is 0. The van der Waals surface area contributed by atoms with Crippen LogP contribution in [0.3, 0.4) is 0 Å². The van der Waals surface area contributed by atoms with Gasteiger partial charge in [0, 0.05) is 23.3 Å². The Balaban J connectivity index is 2.71. The molecule has 0 aliphatic heterocycles. The Labute approximate surface area is 120 Å². The Morgan fingerprint density at radius 3 is 2.50 bits per heavy atom. The Hall–Kier alpha value is -1.59. The van der Waals surface area contributed by atoms with E-state index in [2.05, 4.69) is 10.6 Å². The first-order valence-corrected chi connectivity index (χ1v) is 6.69. The highest BCUT2D eigenvalue weighted by Crippen LogP contribution is 2.22. The maximum atomic E-state index is 11.9.